The molecule has 0 radical (unpaired) electrons. The zero-order valence-electron chi connectivity index (χ0n) is 16.4. The Balaban J connectivity index is 1.33. The first kappa shape index (κ1) is 18.5. The van der Waals surface area contributed by atoms with Crippen LogP contribution in [-0.4, -0.2) is 22.1 Å². The van der Waals surface area contributed by atoms with E-state index in [9.17, 15) is 9.90 Å². The van der Waals surface area contributed by atoms with Crippen LogP contribution in [0.5, 0.6) is 0 Å². The molecule has 0 spiro atoms. The van der Waals surface area contributed by atoms with Crippen LogP contribution in [0, 0.1) is 5.92 Å². The summed E-state index contributed by atoms with van der Waals surface area (Å²) in [4.78, 5) is 12.7. The summed E-state index contributed by atoms with van der Waals surface area (Å²) in [5.74, 6) is 1.16. The number of nitrogens with zero attached hydrogens (tertiary/aromatic N) is 1. The molecule has 144 valence electrons. The average molecular weight is 366 g/mol. The Morgan fingerprint density at radius 3 is 2.81 bits per heavy atom. The van der Waals surface area contributed by atoms with Gasteiger partial charge in [-0.15, -0.1) is 0 Å². The van der Waals surface area contributed by atoms with Crippen LogP contribution in [0.3, 0.4) is 0 Å². The molecule has 2 aliphatic carbocycles. The molecule has 2 atom stereocenters. The van der Waals surface area contributed by atoms with Crippen LogP contribution < -0.4 is 0 Å². The Bertz CT molecular complexity index is 820. The maximum atomic E-state index is 12.7. The van der Waals surface area contributed by atoms with Gasteiger partial charge in [0.15, 0.2) is 5.78 Å². The van der Waals surface area contributed by atoms with Gasteiger partial charge in [0.2, 0.25) is 0 Å². The van der Waals surface area contributed by atoms with Crippen molar-refractivity contribution >= 4 is 5.78 Å². The predicted octanol–water partition coefficient (Wildman–Crippen LogP) is 4.60. The van der Waals surface area contributed by atoms with Gasteiger partial charge in [0.25, 0.3) is 0 Å². The summed E-state index contributed by atoms with van der Waals surface area (Å²) in [5.41, 5.74) is 6.50. The summed E-state index contributed by atoms with van der Waals surface area (Å²) in [5, 5.41) is 9.38. The van der Waals surface area contributed by atoms with Gasteiger partial charge < -0.3 is 9.67 Å². The predicted molar refractivity (Wildman–Crippen MR) is 108 cm³/mol. The molecule has 27 heavy (non-hydrogen) atoms. The quantitative estimate of drug-likeness (QED) is 0.729. The van der Waals surface area contributed by atoms with E-state index < -0.39 is 0 Å². The van der Waals surface area contributed by atoms with Crippen molar-refractivity contribution in [1.82, 2.24) is 4.57 Å². The molecule has 0 saturated heterocycles. The van der Waals surface area contributed by atoms with Crippen LogP contribution in [0.4, 0.5) is 0 Å². The highest BCUT2D eigenvalue weighted by atomic mass is 16.3. The highest BCUT2D eigenvalue weighted by Crippen LogP contribution is 2.38. The number of ketones is 1. The minimum absolute atomic E-state index is 0.251. The number of aliphatic hydroxyl groups excluding tert-OH is 1. The highest BCUT2D eigenvalue weighted by molar-refractivity contribution is 5.94. The topological polar surface area (TPSA) is 42.2 Å². The fraction of sp³-hybridized carbons (Fsp3) is 0.542. The van der Waals surface area contributed by atoms with Gasteiger partial charge in [0.1, 0.15) is 0 Å². The standard InChI is InChI=1S/C24H31NO2/c1-25-22(21-11-9-18(15-21)16-26)12-13-23(25)24(27)7-2-4-17-8-10-19-5-3-6-20(19)14-17/h8,10,12-14,18,21,26H,2-7,9,11,15-16H2,1H3/t18-,21-/m0/s1. The van der Waals surface area contributed by atoms with Gasteiger partial charge in [0, 0.05) is 25.8 Å². The summed E-state index contributed by atoms with van der Waals surface area (Å²) in [6.07, 6.45) is 9.49. The number of carbonyl (C=O) groups excluding carboxylic acids is 1. The second-order valence-corrected chi connectivity index (χ2v) is 8.49. The van der Waals surface area contributed by atoms with E-state index in [0.29, 0.717) is 18.3 Å². The number of fused-ring (bicyclic) bond motifs is 1. The molecule has 2 aliphatic rings. The Labute approximate surface area is 162 Å². The molecule has 1 fully saturated rings. The molecular weight excluding hydrogens is 334 g/mol. The molecule has 2 aromatic rings. The number of Topliss-reactive ketones (excluding diaryl/α,β-unsaturated/α-hetero) is 1. The molecule has 1 aromatic heterocycles. The van der Waals surface area contributed by atoms with Crippen molar-refractivity contribution in [2.75, 3.05) is 6.61 Å². The minimum atomic E-state index is 0.251. The van der Waals surface area contributed by atoms with Crippen LogP contribution in [-0.2, 0) is 26.3 Å². The number of hydrogen-bond donors (Lipinski definition) is 1. The van der Waals surface area contributed by atoms with Crippen molar-refractivity contribution in [3.8, 4) is 0 Å². The van der Waals surface area contributed by atoms with Gasteiger partial charge in [-0.3, -0.25) is 4.79 Å². The lowest BCUT2D eigenvalue weighted by molar-refractivity contribution is 0.0972. The van der Waals surface area contributed by atoms with Crippen molar-refractivity contribution in [2.24, 2.45) is 13.0 Å². The largest absolute Gasteiger partial charge is 0.396 e. The molecule has 3 heteroatoms. The van der Waals surface area contributed by atoms with Crippen molar-refractivity contribution in [3.05, 3.63) is 58.4 Å². The fourth-order valence-corrected chi connectivity index (χ4v) is 5.09. The van der Waals surface area contributed by atoms with Gasteiger partial charge in [-0.25, -0.2) is 0 Å². The number of aliphatic hydroxyl groups is 1. The van der Waals surface area contributed by atoms with Crippen molar-refractivity contribution in [1.29, 1.82) is 0 Å². The van der Waals surface area contributed by atoms with E-state index in [1.807, 2.05) is 13.1 Å². The third-order valence-corrected chi connectivity index (χ3v) is 6.70. The van der Waals surface area contributed by atoms with Crippen molar-refractivity contribution < 1.29 is 9.90 Å². The Kier molecular flexibility index (Phi) is 5.49. The summed E-state index contributed by atoms with van der Waals surface area (Å²) >= 11 is 0. The maximum Gasteiger partial charge on any atom is 0.179 e. The van der Waals surface area contributed by atoms with Crippen molar-refractivity contribution in [3.63, 3.8) is 0 Å². The summed E-state index contributed by atoms with van der Waals surface area (Å²) in [6.45, 7) is 0.287. The fourth-order valence-electron chi connectivity index (χ4n) is 5.09. The Hall–Kier alpha value is -1.87. The molecule has 4 rings (SSSR count). The van der Waals surface area contributed by atoms with Gasteiger partial charge >= 0.3 is 0 Å². The Morgan fingerprint density at radius 1 is 1.15 bits per heavy atom. The van der Waals surface area contributed by atoms with E-state index in [-0.39, 0.29) is 12.4 Å². The maximum absolute atomic E-state index is 12.7. The first-order valence-corrected chi connectivity index (χ1v) is 10.6. The monoisotopic (exact) mass is 365 g/mol. The Morgan fingerprint density at radius 2 is 2.00 bits per heavy atom. The average Bonchev–Trinajstić information content (AvgIpc) is 3.40. The highest BCUT2D eigenvalue weighted by Gasteiger charge is 2.28. The van der Waals surface area contributed by atoms with Gasteiger partial charge in [-0.1, -0.05) is 18.2 Å². The van der Waals surface area contributed by atoms with Crippen LogP contribution in [0.25, 0.3) is 0 Å². The number of rotatable bonds is 7. The normalized spacial score (nSPS) is 21.6. The molecule has 1 N–H and O–H groups in total. The SMILES string of the molecule is Cn1c(C(=O)CCCc2ccc3c(c2)CCC3)ccc1[C@H]1CC[C@H](CO)C1. The minimum Gasteiger partial charge on any atom is -0.396 e. The molecule has 0 amide bonds. The molecule has 0 unspecified atom stereocenters. The molecule has 1 aromatic carbocycles. The van der Waals surface area contributed by atoms with E-state index in [2.05, 4.69) is 28.8 Å². The third kappa shape index (κ3) is 3.89. The van der Waals surface area contributed by atoms with Crippen molar-refractivity contribution in [2.45, 2.75) is 63.7 Å². The summed E-state index contributed by atoms with van der Waals surface area (Å²) in [6, 6.07) is 11.0. The zero-order valence-corrected chi connectivity index (χ0v) is 16.4. The number of aromatic nitrogens is 1. The van der Waals surface area contributed by atoms with E-state index >= 15 is 0 Å². The van der Waals surface area contributed by atoms with Gasteiger partial charge in [-0.05, 0) is 92.0 Å². The van der Waals surface area contributed by atoms with E-state index in [4.69, 9.17) is 0 Å². The molecule has 1 heterocycles. The van der Waals surface area contributed by atoms with Gasteiger partial charge in [-0.2, -0.15) is 0 Å². The van der Waals surface area contributed by atoms with Gasteiger partial charge in [0.05, 0.1) is 5.69 Å². The van der Waals surface area contributed by atoms with Crippen LogP contribution in [0.2, 0.25) is 0 Å². The smallest absolute Gasteiger partial charge is 0.179 e. The number of benzene rings is 1. The first-order valence-electron chi connectivity index (χ1n) is 10.6. The molecule has 1 saturated carbocycles. The van der Waals surface area contributed by atoms with Crippen LogP contribution in [0.15, 0.2) is 30.3 Å². The molecule has 0 aliphatic heterocycles. The third-order valence-electron chi connectivity index (χ3n) is 6.70. The summed E-state index contributed by atoms with van der Waals surface area (Å²) < 4.78 is 2.10. The zero-order chi connectivity index (χ0) is 18.8. The molecule has 3 nitrogen and oxygen atoms in total. The summed E-state index contributed by atoms with van der Waals surface area (Å²) in [7, 11) is 2.02. The second-order valence-electron chi connectivity index (χ2n) is 8.49. The lowest BCUT2D eigenvalue weighted by Crippen LogP contribution is -2.10. The molecule has 0 bridgehead atoms. The van der Waals surface area contributed by atoms with Crippen LogP contribution in [0.1, 0.15) is 77.3 Å². The number of hydrogen-bond acceptors (Lipinski definition) is 2. The lowest BCUT2D eigenvalue weighted by atomic mass is 10.0. The number of aryl methyl sites for hydroxylation is 3. The lowest BCUT2D eigenvalue weighted by Gasteiger charge is -2.13. The second kappa shape index (κ2) is 8.02. The first-order chi connectivity index (χ1) is 13.2. The van der Waals surface area contributed by atoms with E-state index in [0.717, 1.165) is 37.8 Å². The number of carbonyl (C=O) groups is 1. The molecular formula is C24H31NO2. The van der Waals surface area contributed by atoms with Crippen LogP contribution >= 0.6 is 0 Å². The van der Waals surface area contributed by atoms with E-state index in [1.54, 1.807) is 0 Å². The van der Waals surface area contributed by atoms with E-state index in [1.165, 1.54) is 41.6 Å².